The Bertz CT molecular complexity index is 404. The number of ketones is 1. The van der Waals surface area contributed by atoms with Gasteiger partial charge in [-0.25, -0.2) is 0 Å². The van der Waals surface area contributed by atoms with E-state index in [1.165, 1.54) is 0 Å². The molecule has 0 aliphatic carbocycles. The van der Waals surface area contributed by atoms with Crippen LogP contribution in [0.5, 0.6) is 0 Å². The molecule has 1 aromatic carbocycles. The third-order valence-corrected chi connectivity index (χ3v) is 2.92. The fourth-order valence-electron chi connectivity index (χ4n) is 1.53. The first-order valence-corrected chi connectivity index (χ1v) is 6.04. The number of hydrogen-bond donors (Lipinski definition) is 2. The van der Waals surface area contributed by atoms with Crippen molar-refractivity contribution in [2.75, 3.05) is 13.1 Å². The van der Waals surface area contributed by atoms with Gasteiger partial charge < -0.3 is 10.6 Å². The molecule has 1 aromatic rings. The Balaban J connectivity index is 2.09. The molecule has 0 atom stereocenters. The monoisotopic (exact) mass is 280 g/mol. The summed E-state index contributed by atoms with van der Waals surface area (Å²) in [5.41, 5.74) is 0.699. The van der Waals surface area contributed by atoms with Gasteiger partial charge in [-0.15, -0.1) is 0 Å². The summed E-state index contributed by atoms with van der Waals surface area (Å²) in [4.78, 5) is 11.9. The van der Waals surface area contributed by atoms with Gasteiger partial charge in [-0.05, 0) is 30.7 Å². The van der Waals surface area contributed by atoms with Crippen LogP contribution in [-0.2, 0) is 0 Å². The molecule has 2 N–H and O–H groups in total. The molecule has 1 heterocycles. The van der Waals surface area contributed by atoms with E-state index in [4.69, 9.17) is 0 Å². The van der Waals surface area contributed by atoms with Crippen molar-refractivity contribution in [3.63, 3.8) is 0 Å². The molecule has 2 rings (SSSR count). The van der Waals surface area contributed by atoms with Crippen LogP contribution in [0, 0.1) is 0 Å². The van der Waals surface area contributed by atoms with E-state index in [1.807, 2.05) is 24.3 Å². The molecule has 0 aromatic heterocycles. The van der Waals surface area contributed by atoms with Gasteiger partial charge in [-0.1, -0.05) is 15.9 Å². The molecule has 0 bridgehead atoms. The van der Waals surface area contributed by atoms with Gasteiger partial charge in [0.1, 0.15) is 5.82 Å². The van der Waals surface area contributed by atoms with E-state index in [0.29, 0.717) is 5.56 Å². The fourth-order valence-corrected chi connectivity index (χ4v) is 1.79. The Morgan fingerprint density at radius 1 is 1.19 bits per heavy atom. The number of carbonyl (C=O) groups excluding carboxylic acids is 1. The zero-order valence-corrected chi connectivity index (χ0v) is 10.4. The first kappa shape index (κ1) is 11.2. The minimum absolute atomic E-state index is 0.0180. The summed E-state index contributed by atoms with van der Waals surface area (Å²) in [6, 6.07) is 7.36. The lowest BCUT2D eigenvalue weighted by Crippen LogP contribution is -2.35. The SMILES string of the molecule is O=C(C=C1NCCCN1)c1ccc(Br)cc1. The number of carbonyl (C=O) groups is 1. The van der Waals surface area contributed by atoms with Crippen LogP contribution in [0.2, 0.25) is 0 Å². The van der Waals surface area contributed by atoms with Gasteiger partial charge in [-0.3, -0.25) is 4.79 Å². The summed E-state index contributed by atoms with van der Waals surface area (Å²) < 4.78 is 0.977. The normalized spacial score (nSPS) is 14.9. The number of halogens is 1. The van der Waals surface area contributed by atoms with Crippen LogP contribution < -0.4 is 10.6 Å². The van der Waals surface area contributed by atoms with E-state index >= 15 is 0 Å². The standard InChI is InChI=1S/C12H13BrN2O/c13-10-4-2-9(3-5-10)11(16)8-12-14-6-1-7-15-12/h2-5,8,14-15H,1,6-7H2. The molecule has 0 saturated carbocycles. The van der Waals surface area contributed by atoms with Crippen LogP contribution in [0.4, 0.5) is 0 Å². The lowest BCUT2D eigenvalue weighted by atomic mass is 10.1. The minimum Gasteiger partial charge on any atom is -0.372 e. The molecule has 16 heavy (non-hydrogen) atoms. The van der Waals surface area contributed by atoms with Gasteiger partial charge in [0.15, 0.2) is 5.78 Å². The van der Waals surface area contributed by atoms with E-state index < -0.39 is 0 Å². The van der Waals surface area contributed by atoms with Crippen molar-refractivity contribution in [3.8, 4) is 0 Å². The van der Waals surface area contributed by atoms with Crippen molar-refractivity contribution in [1.82, 2.24) is 10.6 Å². The maximum Gasteiger partial charge on any atom is 0.189 e. The fraction of sp³-hybridized carbons (Fsp3) is 0.250. The Hall–Kier alpha value is -1.29. The van der Waals surface area contributed by atoms with Crippen LogP contribution in [0.1, 0.15) is 16.8 Å². The van der Waals surface area contributed by atoms with Crippen molar-refractivity contribution in [2.45, 2.75) is 6.42 Å². The molecule has 1 aliphatic rings. The number of rotatable bonds is 2. The molecule has 0 unspecified atom stereocenters. The molecule has 3 nitrogen and oxygen atoms in total. The van der Waals surface area contributed by atoms with Crippen molar-refractivity contribution < 1.29 is 4.79 Å². The molecule has 4 heteroatoms. The zero-order chi connectivity index (χ0) is 11.4. The predicted molar refractivity (Wildman–Crippen MR) is 67.2 cm³/mol. The van der Waals surface area contributed by atoms with Gasteiger partial charge in [0.2, 0.25) is 0 Å². The summed E-state index contributed by atoms with van der Waals surface area (Å²) in [6.45, 7) is 1.85. The summed E-state index contributed by atoms with van der Waals surface area (Å²) >= 11 is 3.34. The molecular weight excluding hydrogens is 268 g/mol. The van der Waals surface area contributed by atoms with E-state index in [-0.39, 0.29) is 5.78 Å². The van der Waals surface area contributed by atoms with Gasteiger partial charge in [0, 0.05) is 29.2 Å². The van der Waals surface area contributed by atoms with E-state index in [0.717, 1.165) is 29.8 Å². The average Bonchev–Trinajstić information content (AvgIpc) is 2.31. The first-order valence-electron chi connectivity index (χ1n) is 5.25. The highest BCUT2D eigenvalue weighted by Crippen LogP contribution is 2.11. The van der Waals surface area contributed by atoms with Crippen molar-refractivity contribution in [2.24, 2.45) is 0 Å². The maximum absolute atomic E-state index is 11.9. The van der Waals surface area contributed by atoms with Crippen LogP contribution in [-0.4, -0.2) is 18.9 Å². The van der Waals surface area contributed by atoms with Gasteiger partial charge in [-0.2, -0.15) is 0 Å². The van der Waals surface area contributed by atoms with Crippen molar-refractivity contribution in [1.29, 1.82) is 0 Å². The highest BCUT2D eigenvalue weighted by atomic mass is 79.9. The second-order valence-electron chi connectivity index (χ2n) is 3.64. The largest absolute Gasteiger partial charge is 0.372 e. The number of hydrogen-bond acceptors (Lipinski definition) is 3. The highest BCUT2D eigenvalue weighted by Gasteiger charge is 2.07. The van der Waals surface area contributed by atoms with Gasteiger partial charge in [0.05, 0.1) is 0 Å². The molecule has 1 aliphatic heterocycles. The third kappa shape index (κ3) is 2.85. The van der Waals surface area contributed by atoms with Gasteiger partial charge in [0.25, 0.3) is 0 Å². The van der Waals surface area contributed by atoms with E-state index in [9.17, 15) is 4.79 Å². The smallest absolute Gasteiger partial charge is 0.189 e. The molecular formula is C12H13BrN2O. The van der Waals surface area contributed by atoms with E-state index in [2.05, 4.69) is 26.6 Å². The molecule has 0 spiro atoms. The summed E-state index contributed by atoms with van der Waals surface area (Å²) in [5.74, 6) is 0.837. The van der Waals surface area contributed by atoms with Crippen LogP contribution in [0.25, 0.3) is 0 Å². The Labute approximate surface area is 103 Å². The topological polar surface area (TPSA) is 41.1 Å². The third-order valence-electron chi connectivity index (χ3n) is 2.39. The minimum atomic E-state index is 0.0180. The van der Waals surface area contributed by atoms with E-state index in [1.54, 1.807) is 6.08 Å². The number of nitrogens with one attached hydrogen (secondary N) is 2. The zero-order valence-electron chi connectivity index (χ0n) is 8.79. The summed E-state index contributed by atoms with van der Waals surface area (Å²) in [5, 5.41) is 6.30. The van der Waals surface area contributed by atoms with Crippen LogP contribution in [0.15, 0.2) is 40.6 Å². The van der Waals surface area contributed by atoms with Crippen LogP contribution >= 0.6 is 15.9 Å². The molecule has 1 fully saturated rings. The average molecular weight is 281 g/mol. The van der Waals surface area contributed by atoms with Crippen molar-refractivity contribution >= 4 is 21.7 Å². The number of benzene rings is 1. The lowest BCUT2D eigenvalue weighted by molar-refractivity contribution is 0.104. The summed E-state index contributed by atoms with van der Waals surface area (Å²) in [7, 11) is 0. The molecule has 0 amide bonds. The van der Waals surface area contributed by atoms with Crippen molar-refractivity contribution in [3.05, 3.63) is 46.2 Å². The molecule has 0 radical (unpaired) electrons. The predicted octanol–water partition coefficient (Wildman–Crippen LogP) is 2.06. The molecule has 84 valence electrons. The Morgan fingerprint density at radius 3 is 2.44 bits per heavy atom. The lowest BCUT2D eigenvalue weighted by Gasteiger charge is -2.18. The quantitative estimate of drug-likeness (QED) is 0.644. The Kier molecular flexibility index (Phi) is 3.62. The molecule has 1 saturated heterocycles. The first-order chi connectivity index (χ1) is 7.75. The second-order valence-corrected chi connectivity index (χ2v) is 4.55. The highest BCUT2D eigenvalue weighted by molar-refractivity contribution is 9.10. The summed E-state index contributed by atoms with van der Waals surface area (Å²) in [6.07, 6.45) is 2.70. The van der Waals surface area contributed by atoms with Crippen LogP contribution in [0.3, 0.4) is 0 Å². The second kappa shape index (κ2) is 5.16. The Morgan fingerprint density at radius 2 is 1.81 bits per heavy atom. The number of allylic oxidation sites excluding steroid dienone is 1. The maximum atomic E-state index is 11.9. The van der Waals surface area contributed by atoms with Gasteiger partial charge >= 0.3 is 0 Å².